The van der Waals surface area contributed by atoms with Crippen LogP contribution in [0.2, 0.25) is 0 Å². The molecule has 0 saturated carbocycles. The molecule has 202 valence electrons. The van der Waals surface area contributed by atoms with E-state index in [1.807, 2.05) is 0 Å². The quantitative estimate of drug-likeness (QED) is 0.194. The summed E-state index contributed by atoms with van der Waals surface area (Å²) in [5, 5.41) is 9.18. The Morgan fingerprint density at radius 3 is 1.74 bits per heavy atom. The van der Waals surface area contributed by atoms with Crippen LogP contribution in [0.25, 0.3) is 77.2 Å². The molecule has 0 atom stereocenters. The third-order valence-corrected chi connectivity index (χ3v) is 9.23. The van der Waals surface area contributed by atoms with Crippen molar-refractivity contribution in [2.45, 2.75) is 12.8 Å². The third-order valence-electron chi connectivity index (χ3n) is 9.23. The molecule has 0 radical (unpaired) electrons. The molecule has 8 aromatic rings. The van der Waals surface area contributed by atoms with E-state index >= 15 is 0 Å². The van der Waals surface area contributed by atoms with Crippen molar-refractivity contribution in [2.24, 2.45) is 0 Å². The Hall–Kier alpha value is -5.40. The van der Waals surface area contributed by atoms with Crippen molar-refractivity contribution in [1.29, 1.82) is 0 Å². The number of rotatable bonds is 3. The summed E-state index contributed by atoms with van der Waals surface area (Å²) < 4.78 is 2.49. The van der Waals surface area contributed by atoms with E-state index in [1.165, 1.54) is 82.4 Å². The van der Waals surface area contributed by atoms with Gasteiger partial charge in [-0.25, -0.2) is 0 Å². The maximum atomic E-state index is 2.49. The first kappa shape index (κ1) is 24.2. The topological polar surface area (TPSA) is 4.93 Å². The molecule has 0 aliphatic heterocycles. The van der Waals surface area contributed by atoms with Gasteiger partial charge < -0.3 is 4.57 Å². The van der Waals surface area contributed by atoms with Crippen molar-refractivity contribution >= 4 is 49.3 Å². The monoisotopic (exact) mass is 547 g/mol. The van der Waals surface area contributed by atoms with Crippen LogP contribution in [-0.4, -0.2) is 4.57 Å². The lowest BCUT2D eigenvalue weighted by molar-refractivity contribution is 0.889. The Kier molecular flexibility index (Phi) is 5.39. The Morgan fingerprint density at radius 2 is 1.00 bits per heavy atom. The van der Waals surface area contributed by atoms with E-state index in [9.17, 15) is 0 Å². The van der Waals surface area contributed by atoms with Gasteiger partial charge in [-0.3, -0.25) is 0 Å². The summed E-state index contributed by atoms with van der Waals surface area (Å²) in [7, 11) is 0. The Bertz CT molecular complexity index is 2350. The zero-order valence-corrected chi connectivity index (χ0v) is 23.8. The van der Waals surface area contributed by atoms with Crippen LogP contribution in [0.4, 0.5) is 0 Å². The highest BCUT2D eigenvalue weighted by atomic mass is 15.0. The molecule has 1 aliphatic rings. The normalized spacial score (nSPS) is 12.8. The second-order valence-electron chi connectivity index (χ2n) is 11.6. The van der Waals surface area contributed by atoms with E-state index in [1.54, 1.807) is 0 Å². The van der Waals surface area contributed by atoms with Gasteiger partial charge in [0.25, 0.3) is 0 Å². The minimum absolute atomic E-state index is 1.04. The van der Waals surface area contributed by atoms with E-state index in [4.69, 9.17) is 0 Å². The predicted octanol–water partition coefficient (Wildman–Crippen LogP) is 11.4. The smallest absolute Gasteiger partial charge is 0.0538 e. The molecule has 1 heteroatoms. The van der Waals surface area contributed by atoms with Crippen LogP contribution >= 0.6 is 0 Å². The number of benzene rings is 7. The number of hydrogen-bond donors (Lipinski definition) is 0. The largest absolute Gasteiger partial charge is 0.313 e. The minimum Gasteiger partial charge on any atom is -0.313 e. The summed E-state index contributed by atoms with van der Waals surface area (Å²) in [6, 6.07) is 51.3. The molecule has 0 unspecified atom stereocenters. The van der Waals surface area contributed by atoms with Crippen LogP contribution in [0.5, 0.6) is 0 Å². The van der Waals surface area contributed by atoms with Crippen LogP contribution < -0.4 is 0 Å². The Balaban J connectivity index is 1.24. The van der Waals surface area contributed by atoms with Gasteiger partial charge in [0.2, 0.25) is 0 Å². The van der Waals surface area contributed by atoms with Gasteiger partial charge in [-0.2, -0.15) is 0 Å². The van der Waals surface area contributed by atoms with Crippen LogP contribution in [0.15, 0.2) is 146 Å². The number of aromatic nitrogens is 1. The lowest BCUT2D eigenvalue weighted by Gasteiger charge is -2.14. The standard InChI is InChI=1S/C42H29N/c1-2-11-28(12-3-1)29-13-10-14-32(25-29)43-41-20-9-8-19-38(41)40-27-31(22-24-42(40)43)30-21-23-37-35-17-5-4-15-33(35)34-16-6-7-18-36(34)39(37)26-30/h1-8,10-19,21-27H,9,20H2. The van der Waals surface area contributed by atoms with Crippen molar-refractivity contribution in [1.82, 2.24) is 4.57 Å². The van der Waals surface area contributed by atoms with Gasteiger partial charge in [0.15, 0.2) is 0 Å². The van der Waals surface area contributed by atoms with Gasteiger partial charge in [0.1, 0.15) is 0 Å². The van der Waals surface area contributed by atoms with Crippen molar-refractivity contribution in [3.63, 3.8) is 0 Å². The zero-order chi connectivity index (χ0) is 28.3. The average Bonchev–Trinajstić information content (AvgIpc) is 3.42. The number of nitrogens with zero attached hydrogens (tertiary/aromatic N) is 1. The Morgan fingerprint density at radius 1 is 0.419 bits per heavy atom. The number of allylic oxidation sites excluding steroid dienone is 1. The molecule has 1 nitrogen and oxygen atoms in total. The van der Waals surface area contributed by atoms with E-state index in [-0.39, 0.29) is 0 Å². The van der Waals surface area contributed by atoms with Crippen molar-refractivity contribution in [2.75, 3.05) is 0 Å². The maximum Gasteiger partial charge on any atom is 0.0538 e. The van der Waals surface area contributed by atoms with Gasteiger partial charge in [0.05, 0.1) is 5.52 Å². The van der Waals surface area contributed by atoms with Gasteiger partial charge in [0, 0.05) is 22.3 Å². The third kappa shape index (κ3) is 3.78. The molecular formula is C42H29N. The fraction of sp³-hybridized carbons (Fsp3) is 0.0476. The molecule has 0 bridgehead atoms. The SMILES string of the molecule is C1=Cc2c(n(-c3cccc(-c4ccccc4)c3)c3ccc(-c4ccc5c6ccccc6c6ccccc6c5c4)cc23)CC1. The van der Waals surface area contributed by atoms with Crippen LogP contribution in [0.1, 0.15) is 17.7 Å². The molecule has 9 rings (SSSR count). The molecule has 7 aromatic carbocycles. The summed E-state index contributed by atoms with van der Waals surface area (Å²) in [5.41, 5.74) is 10.2. The second kappa shape index (κ2) is 9.58. The van der Waals surface area contributed by atoms with E-state index in [0.717, 1.165) is 12.8 Å². The van der Waals surface area contributed by atoms with E-state index in [2.05, 4.69) is 156 Å². The highest BCUT2D eigenvalue weighted by molar-refractivity contribution is 6.25. The molecule has 0 saturated heterocycles. The first-order chi connectivity index (χ1) is 21.3. The summed E-state index contributed by atoms with van der Waals surface area (Å²) in [6.07, 6.45) is 6.77. The number of fused-ring (bicyclic) bond motifs is 9. The molecule has 1 aromatic heterocycles. The van der Waals surface area contributed by atoms with Gasteiger partial charge in [-0.1, -0.05) is 121 Å². The van der Waals surface area contributed by atoms with Crippen LogP contribution in [0, 0.1) is 0 Å². The van der Waals surface area contributed by atoms with Gasteiger partial charge in [-0.05, 0) is 97.7 Å². The average molecular weight is 548 g/mol. The fourth-order valence-corrected chi connectivity index (χ4v) is 7.24. The molecule has 43 heavy (non-hydrogen) atoms. The number of hydrogen-bond acceptors (Lipinski definition) is 0. The lowest BCUT2D eigenvalue weighted by atomic mass is 9.91. The van der Waals surface area contributed by atoms with E-state index < -0.39 is 0 Å². The minimum atomic E-state index is 1.04. The molecule has 0 amide bonds. The molecular weight excluding hydrogens is 518 g/mol. The summed E-state index contributed by atoms with van der Waals surface area (Å²) in [5.74, 6) is 0. The highest BCUT2D eigenvalue weighted by Gasteiger charge is 2.20. The fourth-order valence-electron chi connectivity index (χ4n) is 7.24. The first-order valence-electron chi connectivity index (χ1n) is 15.2. The summed E-state index contributed by atoms with van der Waals surface area (Å²) >= 11 is 0. The lowest BCUT2D eigenvalue weighted by Crippen LogP contribution is -2.03. The van der Waals surface area contributed by atoms with Crippen molar-refractivity contribution < 1.29 is 0 Å². The predicted molar refractivity (Wildman–Crippen MR) is 184 cm³/mol. The zero-order valence-electron chi connectivity index (χ0n) is 23.8. The van der Waals surface area contributed by atoms with Gasteiger partial charge >= 0.3 is 0 Å². The molecule has 0 fully saturated rings. The van der Waals surface area contributed by atoms with E-state index in [0.29, 0.717) is 0 Å². The maximum absolute atomic E-state index is 2.49. The molecule has 0 spiro atoms. The van der Waals surface area contributed by atoms with Crippen molar-refractivity contribution in [3.8, 4) is 27.9 Å². The summed E-state index contributed by atoms with van der Waals surface area (Å²) in [6.45, 7) is 0. The Labute approximate surface area is 251 Å². The van der Waals surface area contributed by atoms with Crippen LogP contribution in [-0.2, 0) is 6.42 Å². The van der Waals surface area contributed by atoms with Gasteiger partial charge in [-0.15, -0.1) is 0 Å². The second-order valence-corrected chi connectivity index (χ2v) is 11.6. The van der Waals surface area contributed by atoms with Crippen molar-refractivity contribution in [3.05, 3.63) is 157 Å². The first-order valence-corrected chi connectivity index (χ1v) is 15.2. The highest BCUT2D eigenvalue weighted by Crippen LogP contribution is 2.40. The molecule has 1 heterocycles. The summed E-state index contributed by atoms with van der Waals surface area (Å²) in [4.78, 5) is 0. The molecule has 0 N–H and O–H groups in total. The van der Waals surface area contributed by atoms with Crippen LogP contribution in [0.3, 0.4) is 0 Å². The molecule has 1 aliphatic carbocycles.